The standard InChI is InChI=1S/C25H21F3O4S/c1-16(29)24(33-17(2)30)14-18-6-10-20(11-7-18)31-22-4-3-5-23(15-22)32-21-12-8-19(9-13-21)25(26,27)28/h3-13,15,24H,14H2,1-2H3. The van der Waals surface area contributed by atoms with Crippen molar-refractivity contribution < 1.29 is 32.2 Å². The van der Waals surface area contributed by atoms with Gasteiger partial charge in [-0.3, -0.25) is 9.59 Å². The van der Waals surface area contributed by atoms with E-state index in [1.54, 1.807) is 36.4 Å². The minimum atomic E-state index is -4.40. The molecule has 0 aliphatic carbocycles. The van der Waals surface area contributed by atoms with Gasteiger partial charge in [-0.25, -0.2) is 0 Å². The quantitative estimate of drug-likeness (QED) is 0.350. The molecule has 0 radical (unpaired) electrons. The fraction of sp³-hybridized carbons (Fsp3) is 0.200. The molecule has 0 N–H and O–H groups in total. The monoisotopic (exact) mass is 474 g/mol. The number of ketones is 1. The van der Waals surface area contributed by atoms with Crippen molar-refractivity contribution in [3.05, 3.63) is 83.9 Å². The minimum absolute atomic E-state index is 0.0552. The van der Waals surface area contributed by atoms with Crippen LogP contribution in [0.3, 0.4) is 0 Å². The van der Waals surface area contributed by atoms with Crippen molar-refractivity contribution >= 4 is 22.7 Å². The molecule has 0 spiro atoms. The smallest absolute Gasteiger partial charge is 0.416 e. The molecule has 0 amide bonds. The first-order valence-corrected chi connectivity index (χ1v) is 10.9. The molecule has 3 aromatic carbocycles. The zero-order valence-electron chi connectivity index (χ0n) is 17.9. The van der Waals surface area contributed by atoms with Crippen LogP contribution in [0.5, 0.6) is 23.0 Å². The van der Waals surface area contributed by atoms with Gasteiger partial charge in [-0.2, -0.15) is 13.2 Å². The third-order valence-corrected chi connectivity index (χ3v) is 5.68. The van der Waals surface area contributed by atoms with Crippen molar-refractivity contribution in [1.82, 2.24) is 0 Å². The molecule has 0 heterocycles. The highest BCUT2D eigenvalue weighted by molar-refractivity contribution is 8.14. The Kier molecular flexibility index (Phi) is 7.81. The van der Waals surface area contributed by atoms with Gasteiger partial charge in [0.25, 0.3) is 0 Å². The number of thioether (sulfide) groups is 1. The molecule has 1 unspecified atom stereocenters. The van der Waals surface area contributed by atoms with Gasteiger partial charge in [-0.05, 0) is 67.4 Å². The second kappa shape index (κ2) is 10.6. The number of ether oxygens (including phenoxy) is 2. The van der Waals surface area contributed by atoms with Crippen molar-refractivity contribution in [3.63, 3.8) is 0 Å². The maximum absolute atomic E-state index is 12.7. The first-order chi connectivity index (χ1) is 15.6. The first kappa shape index (κ1) is 24.4. The predicted octanol–water partition coefficient (Wildman–Crippen LogP) is 7.07. The number of rotatable bonds is 8. The molecule has 0 saturated heterocycles. The lowest BCUT2D eigenvalue weighted by Gasteiger charge is -2.13. The van der Waals surface area contributed by atoms with Gasteiger partial charge in [0.15, 0.2) is 5.12 Å². The van der Waals surface area contributed by atoms with Crippen LogP contribution >= 0.6 is 11.8 Å². The number of carbonyl (C=O) groups is 2. The zero-order valence-corrected chi connectivity index (χ0v) is 18.7. The number of carbonyl (C=O) groups excluding carboxylic acids is 2. The van der Waals surface area contributed by atoms with Gasteiger partial charge in [-0.15, -0.1) is 0 Å². The summed E-state index contributed by atoms with van der Waals surface area (Å²) in [6.07, 6.45) is -3.96. The molecule has 0 aliphatic rings. The average Bonchev–Trinajstić information content (AvgIpc) is 2.74. The summed E-state index contributed by atoms with van der Waals surface area (Å²) in [5.74, 6) is 1.67. The van der Waals surface area contributed by atoms with E-state index in [0.717, 1.165) is 29.5 Å². The summed E-state index contributed by atoms with van der Waals surface area (Å²) in [6, 6.07) is 18.3. The average molecular weight is 475 g/mol. The molecule has 172 valence electrons. The highest BCUT2D eigenvalue weighted by Gasteiger charge is 2.30. The normalized spacial score (nSPS) is 12.2. The Balaban J connectivity index is 1.64. The number of benzene rings is 3. The van der Waals surface area contributed by atoms with Gasteiger partial charge in [0.2, 0.25) is 0 Å². The fourth-order valence-electron chi connectivity index (χ4n) is 2.96. The van der Waals surface area contributed by atoms with Crippen LogP contribution in [0, 0.1) is 0 Å². The van der Waals surface area contributed by atoms with E-state index in [0.29, 0.717) is 23.7 Å². The van der Waals surface area contributed by atoms with Crippen LogP contribution in [0.15, 0.2) is 72.8 Å². The Labute approximate surface area is 193 Å². The summed E-state index contributed by atoms with van der Waals surface area (Å²) >= 11 is 1.02. The van der Waals surface area contributed by atoms with Crippen LogP contribution in [0.25, 0.3) is 0 Å². The Hall–Kier alpha value is -3.26. The van der Waals surface area contributed by atoms with Crippen LogP contribution in [-0.2, 0) is 22.2 Å². The number of hydrogen-bond donors (Lipinski definition) is 0. The molecule has 4 nitrogen and oxygen atoms in total. The van der Waals surface area contributed by atoms with Gasteiger partial charge >= 0.3 is 6.18 Å². The molecule has 8 heteroatoms. The molecule has 0 bridgehead atoms. The number of halogens is 3. The lowest BCUT2D eigenvalue weighted by Crippen LogP contribution is -2.18. The van der Waals surface area contributed by atoms with Gasteiger partial charge in [0.05, 0.1) is 10.8 Å². The number of Topliss-reactive ketones (excluding diaryl/α,β-unsaturated/α-hetero) is 1. The van der Waals surface area contributed by atoms with Crippen molar-refractivity contribution in [2.75, 3.05) is 0 Å². The number of alkyl halides is 3. The Bertz CT molecular complexity index is 1110. The van der Waals surface area contributed by atoms with E-state index >= 15 is 0 Å². The molecule has 33 heavy (non-hydrogen) atoms. The summed E-state index contributed by atoms with van der Waals surface area (Å²) in [7, 11) is 0. The van der Waals surface area contributed by atoms with E-state index < -0.39 is 17.0 Å². The third-order valence-electron chi connectivity index (χ3n) is 4.56. The predicted molar refractivity (Wildman–Crippen MR) is 121 cm³/mol. The Morgan fingerprint density at radius 2 is 1.33 bits per heavy atom. The zero-order chi connectivity index (χ0) is 24.0. The minimum Gasteiger partial charge on any atom is -0.457 e. The summed E-state index contributed by atoms with van der Waals surface area (Å²) in [6.45, 7) is 2.91. The third kappa shape index (κ3) is 7.39. The molecular weight excluding hydrogens is 453 g/mol. The molecule has 0 saturated carbocycles. The molecule has 0 aromatic heterocycles. The van der Waals surface area contributed by atoms with Gasteiger partial charge in [-0.1, -0.05) is 30.0 Å². The second-order valence-corrected chi connectivity index (χ2v) is 8.64. The van der Waals surface area contributed by atoms with Crippen molar-refractivity contribution in [1.29, 1.82) is 0 Å². The molecule has 3 aromatic rings. The molecule has 1 atom stereocenters. The SMILES string of the molecule is CC(=O)SC(Cc1ccc(Oc2cccc(Oc3ccc(C(F)(F)F)cc3)c2)cc1)C(C)=O. The molecule has 0 fully saturated rings. The lowest BCUT2D eigenvalue weighted by atomic mass is 10.1. The second-order valence-electron chi connectivity index (χ2n) is 7.26. The van der Waals surface area contributed by atoms with Gasteiger partial charge in [0, 0.05) is 13.0 Å². The van der Waals surface area contributed by atoms with Crippen LogP contribution in [-0.4, -0.2) is 16.1 Å². The van der Waals surface area contributed by atoms with Crippen LogP contribution < -0.4 is 9.47 Å². The highest BCUT2D eigenvalue weighted by Crippen LogP contribution is 2.32. The van der Waals surface area contributed by atoms with E-state index in [4.69, 9.17) is 9.47 Å². The summed E-state index contributed by atoms with van der Waals surface area (Å²) in [4.78, 5) is 23.1. The number of hydrogen-bond acceptors (Lipinski definition) is 5. The van der Waals surface area contributed by atoms with Gasteiger partial charge < -0.3 is 9.47 Å². The Morgan fingerprint density at radius 1 is 0.818 bits per heavy atom. The van der Waals surface area contributed by atoms with Crippen molar-refractivity contribution in [2.45, 2.75) is 31.7 Å². The fourth-order valence-corrected chi connectivity index (χ4v) is 3.80. The van der Waals surface area contributed by atoms with Crippen LogP contribution in [0.4, 0.5) is 13.2 Å². The van der Waals surface area contributed by atoms with Crippen molar-refractivity contribution in [2.24, 2.45) is 0 Å². The van der Waals surface area contributed by atoms with E-state index in [-0.39, 0.29) is 16.6 Å². The van der Waals surface area contributed by atoms with E-state index in [2.05, 4.69) is 0 Å². The van der Waals surface area contributed by atoms with E-state index in [1.165, 1.54) is 26.0 Å². The summed E-state index contributed by atoms with van der Waals surface area (Å²) in [5.41, 5.74) is 0.153. The van der Waals surface area contributed by atoms with Crippen molar-refractivity contribution in [3.8, 4) is 23.0 Å². The largest absolute Gasteiger partial charge is 0.457 e. The van der Waals surface area contributed by atoms with Crippen LogP contribution in [0.2, 0.25) is 0 Å². The van der Waals surface area contributed by atoms with Crippen LogP contribution in [0.1, 0.15) is 25.0 Å². The van der Waals surface area contributed by atoms with E-state index in [9.17, 15) is 22.8 Å². The summed E-state index contributed by atoms with van der Waals surface area (Å²) < 4.78 is 49.5. The van der Waals surface area contributed by atoms with E-state index in [1.807, 2.05) is 12.1 Å². The molecule has 3 rings (SSSR count). The molecule has 0 aliphatic heterocycles. The topological polar surface area (TPSA) is 52.6 Å². The van der Waals surface area contributed by atoms with Gasteiger partial charge in [0.1, 0.15) is 28.8 Å². The summed E-state index contributed by atoms with van der Waals surface area (Å²) in [5, 5.41) is -0.526. The maximum Gasteiger partial charge on any atom is 0.416 e. The Morgan fingerprint density at radius 3 is 1.79 bits per heavy atom. The molecular formula is C25H21F3O4S. The highest BCUT2D eigenvalue weighted by atomic mass is 32.2. The maximum atomic E-state index is 12.7. The first-order valence-electron chi connectivity index (χ1n) is 10.00. The lowest BCUT2D eigenvalue weighted by molar-refractivity contribution is -0.137.